The molecule has 1 fully saturated rings. The van der Waals surface area contributed by atoms with Gasteiger partial charge in [-0.25, -0.2) is 9.31 Å². The fraction of sp³-hybridized carbons (Fsp3) is 0.346. The standard InChI is InChI=1S/C26H28N6O2S/c27-23(15-22-25(17-4-5-17)34-13-11-28-22)35-31-26(33)30-24-20-3-1-2-16(20)6-7-21(24)18-9-12-32-19(14-18)8-10-29-32/h6-10,12,14-15,17,25H,1-5,11,13,27H2,(H2,30,31,33)/b23-15+. The monoisotopic (exact) mass is 488 g/mol. The first-order chi connectivity index (χ1) is 17.2. The molecule has 1 aliphatic heterocycles. The van der Waals surface area contributed by atoms with Gasteiger partial charge in [-0.2, -0.15) is 5.10 Å². The number of hydrogen-bond donors (Lipinski definition) is 3. The van der Waals surface area contributed by atoms with Crippen LogP contribution in [0.3, 0.4) is 0 Å². The third-order valence-corrected chi connectivity index (χ3v) is 7.45. The highest BCUT2D eigenvalue weighted by Crippen LogP contribution is 2.38. The van der Waals surface area contributed by atoms with E-state index in [1.165, 1.54) is 24.0 Å². The van der Waals surface area contributed by atoms with Crippen molar-refractivity contribution in [2.75, 3.05) is 18.5 Å². The molecule has 1 aromatic carbocycles. The second-order valence-corrected chi connectivity index (χ2v) is 10.1. The Morgan fingerprint density at radius 2 is 2.14 bits per heavy atom. The van der Waals surface area contributed by atoms with Crippen LogP contribution in [0.2, 0.25) is 0 Å². The van der Waals surface area contributed by atoms with Crippen molar-refractivity contribution in [2.45, 2.75) is 38.2 Å². The zero-order valence-corrected chi connectivity index (χ0v) is 20.2. The molecule has 0 spiro atoms. The number of carbonyl (C=O) groups excluding carboxylic acids is 1. The van der Waals surface area contributed by atoms with Gasteiger partial charge in [0.1, 0.15) is 6.10 Å². The highest BCUT2D eigenvalue weighted by atomic mass is 32.2. The van der Waals surface area contributed by atoms with Gasteiger partial charge in [0.2, 0.25) is 0 Å². The second-order valence-electron chi connectivity index (χ2n) is 9.24. The molecule has 0 saturated heterocycles. The van der Waals surface area contributed by atoms with Crippen LogP contribution in [0.25, 0.3) is 16.6 Å². The minimum absolute atomic E-state index is 0.0271. The Balaban J connectivity index is 1.19. The summed E-state index contributed by atoms with van der Waals surface area (Å²) in [5.41, 5.74) is 13.5. The number of aromatic nitrogens is 2. The van der Waals surface area contributed by atoms with Crippen molar-refractivity contribution in [3.8, 4) is 11.1 Å². The van der Waals surface area contributed by atoms with Crippen molar-refractivity contribution in [3.05, 3.63) is 65.0 Å². The summed E-state index contributed by atoms with van der Waals surface area (Å²) in [6, 6.07) is 10.1. The van der Waals surface area contributed by atoms with Crippen LogP contribution in [0.15, 0.2) is 58.8 Å². The van der Waals surface area contributed by atoms with E-state index in [0.717, 1.165) is 59.3 Å². The van der Waals surface area contributed by atoms with Gasteiger partial charge in [-0.15, -0.1) is 0 Å². The summed E-state index contributed by atoms with van der Waals surface area (Å²) in [7, 11) is 0. The molecule has 0 bridgehead atoms. The Morgan fingerprint density at radius 1 is 1.23 bits per heavy atom. The maximum Gasteiger partial charge on any atom is 0.329 e. The van der Waals surface area contributed by atoms with Crippen LogP contribution in [0.4, 0.5) is 10.5 Å². The molecule has 180 valence electrons. The first-order valence-electron chi connectivity index (χ1n) is 12.1. The molecule has 3 aliphatic rings. The van der Waals surface area contributed by atoms with E-state index in [-0.39, 0.29) is 12.1 Å². The van der Waals surface area contributed by atoms with Crippen molar-refractivity contribution in [3.63, 3.8) is 0 Å². The number of hydrogen-bond acceptors (Lipinski definition) is 6. The molecule has 2 amide bonds. The molecule has 8 nitrogen and oxygen atoms in total. The molecule has 0 radical (unpaired) electrons. The van der Waals surface area contributed by atoms with E-state index in [0.29, 0.717) is 24.1 Å². The molecular weight excluding hydrogens is 460 g/mol. The number of anilines is 1. The van der Waals surface area contributed by atoms with E-state index in [2.05, 4.69) is 38.3 Å². The number of pyridine rings is 1. The number of ether oxygens (including phenoxy) is 1. The van der Waals surface area contributed by atoms with Crippen LogP contribution < -0.4 is 15.8 Å². The fourth-order valence-electron chi connectivity index (χ4n) is 4.99. The summed E-state index contributed by atoms with van der Waals surface area (Å²) >= 11 is 1.10. The summed E-state index contributed by atoms with van der Waals surface area (Å²) in [4.78, 5) is 17.5. The van der Waals surface area contributed by atoms with E-state index in [9.17, 15) is 4.79 Å². The number of nitrogens with one attached hydrogen (secondary N) is 2. The van der Waals surface area contributed by atoms with Crippen molar-refractivity contribution < 1.29 is 9.53 Å². The molecule has 6 rings (SSSR count). The maximum absolute atomic E-state index is 13.0. The van der Waals surface area contributed by atoms with E-state index in [4.69, 9.17) is 10.5 Å². The van der Waals surface area contributed by atoms with Gasteiger partial charge in [-0.1, -0.05) is 12.1 Å². The molecule has 4 N–H and O–H groups in total. The lowest BCUT2D eigenvalue weighted by Crippen LogP contribution is -2.31. The summed E-state index contributed by atoms with van der Waals surface area (Å²) in [6.45, 7) is 1.30. The van der Waals surface area contributed by atoms with Gasteiger partial charge in [-0.05, 0) is 79.0 Å². The quantitative estimate of drug-likeness (QED) is 0.449. The number of nitrogens with two attached hydrogens (primary N) is 1. The molecular formula is C26H28N6O2S. The number of rotatable bonds is 6. The first kappa shape index (κ1) is 22.2. The lowest BCUT2D eigenvalue weighted by Gasteiger charge is -2.22. The number of amides is 2. The Bertz CT molecular complexity index is 1340. The minimum Gasteiger partial charge on any atom is -0.392 e. The van der Waals surface area contributed by atoms with Crippen molar-refractivity contribution in [1.29, 1.82) is 0 Å². The highest BCUT2D eigenvalue weighted by Gasteiger charge is 2.36. The minimum atomic E-state index is -0.307. The second kappa shape index (κ2) is 9.39. The zero-order valence-electron chi connectivity index (χ0n) is 19.4. The van der Waals surface area contributed by atoms with Gasteiger partial charge in [0.15, 0.2) is 0 Å². The van der Waals surface area contributed by atoms with Gasteiger partial charge >= 0.3 is 6.03 Å². The number of urea groups is 1. The predicted octanol–water partition coefficient (Wildman–Crippen LogP) is 4.31. The van der Waals surface area contributed by atoms with Gasteiger partial charge in [0, 0.05) is 29.9 Å². The third-order valence-electron chi connectivity index (χ3n) is 6.81. The largest absolute Gasteiger partial charge is 0.392 e. The normalized spacial score (nSPS) is 19.9. The van der Waals surface area contributed by atoms with Crippen LogP contribution in [0.1, 0.15) is 30.4 Å². The van der Waals surface area contributed by atoms with E-state index < -0.39 is 0 Å². The number of aliphatic imine (C=N–C) groups is 1. The van der Waals surface area contributed by atoms with Crippen molar-refractivity contribution >= 4 is 34.9 Å². The number of aryl methyl sites for hydroxylation is 1. The van der Waals surface area contributed by atoms with Gasteiger partial charge in [-0.3, -0.25) is 9.71 Å². The molecule has 2 aliphatic carbocycles. The average Bonchev–Trinajstić information content (AvgIpc) is 3.40. The van der Waals surface area contributed by atoms with Crippen molar-refractivity contribution in [1.82, 2.24) is 14.3 Å². The molecule has 35 heavy (non-hydrogen) atoms. The zero-order chi connectivity index (χ0) is 23.8. The summed E-state index contributed by atoms with van der Waals surface area (Å²) in [5.74, 6) is 0.541. The van der Waals surface area contributed by atoms with Gasteiger partial charge < -0.3 is 15.8 Å². The molecule has 3 aromatic rings. The predicted molar refractivity (Wildman–Crippen MR) is 139 cm³/mol. The number of benzene rings is 1. The molecule has 1 saturated carbocycles. The lowest BCUT2D eigenvalue weighted by molar-refractivity contribution is 0.0817. The van der Waals surface area contributed by atoms with Crippen LogP contribution in [-0.4, -0.2) is 40.6 Å². The molecule has 1 atom stereocenters. The Hall–Kier alpha value is -3.30. The number of fused-ring (bicyclic) bond motifs is 2. The molecule has 9 heteroatoms. The van der Waals surface area contributed by atoms with Crippen LogP contribution in [0, 0.1) is 5.92 Å². The van der Waals surface area contributed by atoms with Gasteiger partial charge in [0.05, 0.1) is 35.1 Å². The molecule has 3 heterocycles. The summed E-state index contributed by atoms with van der Waals surface area (Å²) in [6.07, 6.45) is 11.0. The highest BCUT2D eigenvalue weighted by molar-refractivity contribution is 8.01. The Labute approximate surface area is 208 Å². The van der Waals surface area contributed by atoms with E-state index in [1.807, 2.05) is 28.9 Å². The smallest absolute Gasteiger partial charge is 0.329 e. The summed E-state index contributed by atoms with van der Waals surface area (Å²) < 4.78 is 10.6. The number of nitrogens with zero attached hydrogens (tertiary/aromatic N) is 3. The van der Waals surface area contributed by atoms with Crippen molar-refractivity contribution in [2.24, 2.45) is 16.6 Å². The first-order valence-corrected chi connectivity index (χ1v) is 12.9. The molecule has 1 unspecified atom stereocenters. The Kier molecular flexibility index (Phi) is 5.95. The summed E-state index contributed by atoms with van der Waals surface area (Å²) in [5, 5.41) is 7.89. The van der Waals surface area contributed by atoms with Crippen LogP contribution in [0.5, 0.6) is 0 Å². The topological polar surface area (TPSA) is 106 Å². The lowest BCUT2D eigenvalue weighted by atomic mass is 9.97. The third kappa shape index (κ3) is 4.66. The Morgan fingerprint density at radius 3 is 3.03 bits per heavy atom. The van der Waals surface area contributed by atoms with Gasteiger partial charge in [0.25, 0.3) is 0 Å². The number of carbonyl (C=O) groups is 1. The SMILES string of the molecule is N/C(=C\C1=NCCOC1C1CC1)SNC(=O)Nc1c(-c2ccn3nccc3c2)ccc2c1CCC2. The molecule has 2 aromatic heterocycles. The average molecular weight is 489 g/mol. The maximum atomic E-state index is 13.0. The van der Waals surface area contributed by atoms with Crippen LogP contribution in [-0.2, 0) is 17.6 Å². The van der Waals surface area contributed by atoms with E-state index >= 15 is 0 Å². The van der Waals surface area contributed by atoms with E-state index in [1.54, 1.807) is 6.20 Å². The fourth-order valence-corrected chi connectivity index (χ4v) is 5.43. The van der Waals surface area contributed by atoms with Crippen LogP contribution >= 0.6 is 11.9 Å².